The average Bonchev–Trinajstić information content (AvgIpc) is 2.78. The van der Waals surface area contributed by atoms with Crippen LogP contribution in [-0.4, -0.2) is 5.16 Å². The van der Waals surface area contributed by atoms with Gasteiger partial charge in [0.25, 0.3) is 0 Å². The summed E-state index contributed by atoms with van der Waals surface area (Å²) in [7, 11) is 0. The van der Waals surface area contributed by atoms with Crippen molar-refractivity contribution in [2.24, 2.45) is 5.73 Å². The molecule has 2 N–H and O–H groups in total. The average molecular weight is 216 g/mol. The highest BCUT2D eigenvalue weighted by Crippen LogP contribution is 2.19. The van der Waals surface area contributed by atoms with Crippen molar-refractivity contribution in [3.8, 4) is 0 Å². The Bertz CT molecular complexity index is 436. The first kappa shape index (κ1) is 10.9. The highest BCUT2D eigenvalue weighted by atomic mass is 16.5. The Morgan fingerprint density at radius 2 is 2.06 bits per heavy atom. The Hall–Kier alpha value is -1.61. The molecule has 3 nitrogen and oxygen atoms in total. The highest BCUT2D eigenvalue weighted by molar-refractivity contribution is 5.21. The lowest BCUT2D eigenvalue weighted by molar-refractivity contribution is 0.377. The SMILES string of the molecule is CC(Cc1cc(CN)on1)c1ccccc1. The normalized spacial score (nSPS) is 12.6. The van der Waals surface area contributed by atoms with Gasteiger partial charge in [0.05, 0.1) is 12.2 Å². The molecular weight excluding hydrogens is 200 g/mol. The second kappa shape index (κ2) is 4.94. The molecule has 0 spiro atoms. The summed E-state index contributed by atoms with van der Waals surface area (Å²) in [6.45, 7) is 2.60. The third-order valence-electron chi connectivity index (χ3n) is 2.69. The minimum absolute atomic E-state index is 0.409. The van der Waals surface area contributed by atoms with Crippen LogP contribution in [0.15, 0.2) is 40.9 Å². The molecule has 0 saturated heterocycles. The van der Waals surface area contributed by atoms with Gasteiger partial charge in [0.1, 0.15) is 0 Å². The summed E-state index contributed by atoms with van der Waals surface area (Å²) in [6, 6.07) is 12.3. The van der Waals surface area contributed by atoms with Crippen LogP contribution in [-0.2, 0) is 13.0 Å². The van der Waals surface area contributed by atoms with Crippen LogP contribution >= 0.6 is 0 Å². The number of hydrogen-bond acceptors (Lipinski definition) is 3. The number of benzene rings is 1. The van der Waals surface area contributed by atoms with Gasteiger partial charge in [-0.25, -0.2) is 0 Å². The zero-order valence-electron chi connectivity index (χ0n) is 9.39. The predicted molar refractivity (Wildman–Crippen MR) is 63.0 cm³/mol. The fourth-order valence-electron chi connectivity index (χ4n) is 1.76. The number of rotatable bonds is 4. The van der Waals surface area contributed by atoms with E-state index in [0.717, 1.165) is 17.9 Å². The van der Waals surface area contributed by atoms with Gasteiger partial charge in [0, 0.05) is 6.07 Å². The molecular formula is C13H16N2O. The summed E-state index contributed by atoms with van der Waals surface area (Å²) in [4.78, 5) is 0. The Morgan fingerprint density at radius 3 is 2.69 bits per heavy atom. The van der Waals surface area contributed by atoms with E-state index in [1.807, 2.05) is 12.1 Å². The minimum Gasteiger partial charge on any atom is -0.360 e. The molecule has 0 aliphatic rings. The van der Waals surface area contributed by atoms with E-state index < -0.39 is 0 Å². The molecule has 3 heteroatoms. The Labute approximate surface area is 95.3 Å². The van der Waals surface area contributed by atoms with Crippen LogP contribution in [0.1, 0.15) is 29.9 Å². The molecule has 0 aliphatic carbocycles. The summed E-state index contributed by atoms with van der Waals surface area (Å²) in [6.07, 6.45) is 0.882. The zero-order chi connectivity index (χ0) is 11.4. The van der Waals surface area contributed by atoms with Crippen molar-refractivity contribution in [1.29, 1.82) is 0 Å². The molecule has 1 atom stereocenters. The molecule has 0 amide bonds. The van der Waals surface area contributed by atoms with Crippen molar-refractivity contribution >= 4 is 0 Å². The van der Waals surface area contributed by atoms with Crippen LogP contribution in [0.5, 0.6) is 0 Å². The van der Waals surface area contributed by atoms with Gasteiger partial charge in [-0.05, 0) is 17.9 Å². The van der Waals surface area contributed by atoms with Crippen LogP contribution in [0.3, 0.4) is 0 Å². The molecule has 84 valence electrons. The van der Waals surface area contributed by atoms with Gasteiger partial charge in [0.15, 0.2) is 5.76 Å². The molecule has 1 unspecified atom stereocenters. The molecule has 0 bridgehead atoms. The second-order valence-electron chi connectivity index (χ2n) is 4.00. The van der Waals surface area contributed by atoms with Gasteiger partial charge in [-0.1, -0.05) is 42.4 Å². The lowest BCUT2D eigenvalue weighted by Gasteiger charge is -2.08. The molecule has 0 radical (unpaired) electrons. The maximum atomic E-state index is 5.47. The molecule has 2 aromatic rings. The molecule has 16 heavy (non-hydrogen) atoms. The zero-order valence-corrected chi connectivity index (χ0v) is 9.39. The number of nitrogens with zero attached hydrogens (tertiary/aromatic N) is 1. The van der Waals surface area contributed by atoms with Crippen LogP contribution in [0.25, 0.3) is 0 Å². The van der Waals surface area contributed by atoms with Gasteiger partial charge in [-0.15, -0.1) is 0 Å². The lowest BCUT2D eigenvalue weighted by atomic mass is 9.96. The van der Waals surface area contributed by atoms with E-state index in [9.17, 15) is 0 Å². The molecule has 2 rings (SSSR count). The number of hydrogen-bond donors (Lipinski definition) is 1. The van der Waals surface area contributed by atoms with Gasteiger partial charge in [0.2, 0.25) is 0 Å². The summed E-state index contributed by atoms with van der Waals surface area (Å²) in [5.74, 6) is 1.19. The van der Waals surface area contributed by atoms with Gasteiger partial charge in [-0.3, -0.25) is 0 Å². The topological polar surface area (TPSA) is 52.0 Å². The van der Waals surface area contributed by atoms with Crippen molar-refractivity contribution in [1.82, 2.24) is 5.16 Å². The fraction of sp³-hybridized carbons (Fsp3) is 0.308. The third-order valence-corrected chi connectivity index (χ3v) is 2.69. The minimum atomic E-state index is 0.409. The monoisotopic (exact) mass is 216 g/mol. The summed E-state index contributed by atoms with van der Waals surface area (Å²) in [5, 5.41) is 4.00. The molecule has 1 heterocycles. The maximum Gasteiger partial charge on any atom is 0.150 e. The first-order valence-electron chi connectivity index (χ1n) is 5.49. The number of aromatic nitrogens is 1. The van der Waals surface area contributed by atoms with Crippen molar-refractivity contribution in [3.63, 3.8) is 0 Å². The van der Waals surface area contributed by atoms with E-state index >= 15 is 0 Å². The predicted octanol–water partition coefficient (Wildman–Crippen LogP) is 2.48. The van der Waals surface area contributed by atoms with Crippen molar-refractivity contribution in [2.75, 3.05) is 0 Å². The van der Waals surface area contributed by atoms with Crippen molar-refractivity contribution in [2.45, 2.75) is 25.8 Å². The Balaban J connectivity index is 2.05. The maximum absolute atomic E-state index is 5.47. The molecule has 1 aromatic carbocycles. The second-order valence-corrected chi connectivity index (χ2v) is 4.00. The summed E-state index contributed by atoms with van der Waals surface area (Å²) < 4.78 is 5.08. The van der Waals surface area contributed by atoms with Crippen LogP contribution in [0, 0.1) is 0 Å². The molecule has 0 fully saturated rings. The molecule has 0 aliphatic heterocycles. The fourth-order valence-corrected chi connectivity index (χ4v) is 1.76. The molecule has 1 aromatic heterocycles. The van der Waals surface area contributed by atoms with Crippen LogP contribution in [0.2, 0.25) is 0 Å². The van der Waals surface area contributed by atoms with Gasteiger partial charge >= 0.3 is 0 Å². The van der Waals surface area contributed by atoms with E-state index in [2.05, 4.69) is 36.3 Å². The largest absolute Gasteiger partial charge is 0.360 e. The standard InChI is InChI=1S/C13H16N2O/c1-10(11-5-3-2-4-6-11)7-12-8-13(9-14)16-15-12/h2-6,8,10H,7,9,14H2,1H3. The smallest absolute Gasteiger partial charge is 0.150 e. The van der Waals surface area contributed by atoms with E-state index in [4.69, 9.17) is 10.3 Å². The van der Waals surface area contributed by atoms with Crippen molar-refractivity contribution in [3.05, 3.63) is 53.4 Å². The first-order chi connectivity index (χ1) is 7.79. The van der Waals surface area contributed by atoms with Crippen LogP contribution < -0.4 is 5.73 Å². The van der Waals surface area contributed by atoms with E-state index in [0.29, 0.717) is 12.5 Å². The van der Waals surface area contributed by atoms with E-state index in [1.54, 1.807) is 0 Å². The van der Waals surface area contributed by atoms with Crippen molar-refractivity contribution < 1.29 is 4.52 Å². The molecule has 0 saturated carbocycles. The van der Waals surface area contributed by atoms with E-state index in [-0.39, 0.29) is 0 Å². The Kier molecular flexibility index (Phi) is 3.37. The summed E-state index contributed by atoms with van der Waals surface area (Å²) in [5.41, 5.74) is 7.76. The quantitative estimate of drug-likeness (QED) is 0.854. The lowest BCUT2D eigenvalue weighted by Crippen LogP contribution is -1.98. The highest BCUT2D eigenvalue weighted by Gasteiger charge is 2.09. The van der Waals surface area contributed by atoms with Gasteiger partial charge in [-0.2, -0.15) is 0 Å². The van der Waals surface area contributed by atoms with E-state index in [1.165, 1.54) is 5.56 Å². The number of nitrogens with two attached hydrogens (primary N) is 1. The first-order valence-corrected chi connectivity index (χ1v) is 5.49. The Morgan fingerprint density at radius 1 is 1.31 bits per heavy atom. The third kappa shape index (κ3) is 2.49. The van der Waals surface area contributed by atoms with Gasteiger partial charge < -0.3 is 10.3 Å². The van der Waals surface area contributed by atoms with Crippen LogP contribution in [0.4, 0.5) is 0 Å². The summed E-state index contributed by atoms with van der Waals surface area (Å²) >= 11 is 0.